The zero-order chi connectivity index (χ0) is 12.3. The quantitative estimate of drug-likeness (QED) is 0.366. The van der Waals surface area contributed by atoms with E-state index >= 15 is 0 Å². The molecule has 100 valence electrons. The predicted octanol–water partition coefficient (Wildman–Crippen LogP) is 4.81. The Morgan fingerprint density at radius 1 is 1.06 bits per heavy atom. The van der Waals surface area contributed by atoms with Crippen LogP contribution in [0.3, 0.4) is 0 Å². The van der Waals surface area contributed by atoms with Crippen molar-refractivity contribution in [3.63, 3.8) is 0 Å². The minimum atomic E-state index is 0.460. The van der Waals surface area contributed by atoms with Crippen molar-refractivity contribution in [3.8, 4) is 0 Å². The van der Waals surface area contributed by atoms with Crippen molar-refractivity contribution in [2.75, 3.05) is 0 Å². The molecule has 1 rings (SSSR count). The van der Waals surface area contributed by atoms with E-state index in [1.54, 1.807) is 0 Å². The first-order valence-corrected chi connectivity index (χ1v) is 7.69. The zero-order valence-electron chi connectivity index (χ0n) is 11.5. The first-order valence-electron chi connectivity index (χ1n) is 7.69. The van der Waals surface area contributed by atoms with E-state index in [2.05, 4.69) is 6.58 Å². The lowest BCUT2D eigenvalue weighted by Gasteiger charge is -2.19. The van der Waals surface area contributed by atoms with Crippen molar-refractivity contribution in [1.29, 1.82) is 0 Å². The van der Waals surface area contributed by atoms with Crippen molar-refractivity contribution in [1.82, 2.24) is 0 Å². The summed E-state index contributed by atoms with van der Waals surface area (Å²) in [5, 5.41) is 0. The molecule has 2 N–H and O–H groups in total. The third-order valence-corrected chi connectivity index (χ3v) is 4.09. The Labute approximate surface area is 108 Å². The van der Waals surface area contributed by atoms with Crippen LogP contribution in [0.1, 0.15) is 77.0 Å². The molecule has 1 saturated carbocycles. The maximum absolute atomic E-state index is 6.25. The summed E-state index contributed by atoms with van der Waals surface area (Å²) in [5.74, 6) is 0.931. The summed E-state index contributed by atoms with van der Waals surface area (Å²) in [6, 6.07) is 0.460. The van der Waals surface area contributed by atoms with Gasteiger partial charge in [-0.15, -0.1) is 6.58 Å². The predicted molar refractivity (Wildman–Crippen MR) is 77.1 cm³/mol. The topological polar surface area (TPSA) is 26.0 Å². The van der Waals surface area contributed by atoms with Gasteiger partial charge in [-0.25, -0.2) is 0 Å². The van der Waals surface area contributed by atoms with Gasteiger partial charge in [0, 0.05) is 6.04 Å². The van der Waals surface area contributed by atoms with E-state index in [-0.39, 0.29) is 0 Å². The van der Waals surface area contributed by atoms with Gasteiger partial charge in [0.1, 0.15) is 0 Å². The minimum Gasteiger partial charge on any atom is -0.328 e. The van der Waals surface area contributed by atoms with Crippen molar-refractivity contribution in [2.45, 2.75) is 83.1 Å². The van der Waals surface area contributed by atoms with Crippen LogP contribution in [0.5, 0.6) is 0 Å². The molecule has 1 nitrogen and oxygen atoms in total. The number of nitrogens with two attached hydrogens (primary N) is 1. The molecule has 1 aliphatic rings. The van der Waals surface area contributed by atoms with Gasteiger partial charge in [0.05, 0.1) is 0 Å². The molecule has 0 saturated heterocycles. The van der Waals surface area contributed by atoms with Crippen LogP contribution in [0, 0.1) is 5.92 Å². The van der Waals surface area contributed by atoms with Crippen LogP contribution in [-0.4, -0.2) is 6.04 Å². The van der Waals surface area contributed by atoms with Crippen LogP contribution in [0.15, 0.2) is 12.7 Å². The molecule has 0 spiro atoms. The van der Waals surface area contributed by atoms with E-state index in [1.807, 2.05) is 6.08 Å². The van der Waals surface area contributed by atoms with Gasteiger partial charge in [0.2, 0.25) is 0 Å². The normalized spacial score (nSPS) is 19.8. The molecule has 0 amide bonds. The molecule has 0 heterocycles. The first kappa shape index (κ1) is 14.8. The molecule has 0 aromatic rings. The fourth-order valence-corrected chi connectivity index (χ4v) is 3.02. The lowest BCUT2D eigenvalue weighted by atomic mass is 9.91. The Morgan fingerprint density at radius 2 is 1.76 bits per heavy atom. The highest BCUT2D eigenvalue weighted by molar-refractivity contribution is 4.72. The summed E-state index contributed by atoms with van der Waals surface area (Å²) in [7, 11) is 0. The lowest BCUT2D eigenvalue weighted by molar-refractivity contribution is 0.372. The first-order chi connectivity index (χ1) is 8.33. The molecule has 0 radical (unpaired) electrons. The molecule has 0 aromatic heterocycles. The zero-order valence-corrected chi connectivity index (χ0v) is 11.5. The molecule has 1 aliphatic carbocycles. The second kappa shape index (κ2) is 9.70. The second-order valence-electron chi connectivity index (χ2n) is 5.78. The monoisotopic (exact) mass is 237 g/mol. The van der Waals surface area contributed by atoms with E-state index in [4.69, 9.17) is 5.73 Å². The SMILES string of the molecule is C=CCCCCCC(N)CC1CCCCCC1. The molecular weight excluding hydrogens is 206 g/mol. The van der Waals surface area contributed by atoms with Crippen molar-refractivity contribution in [2.24, 2.45) is 11.7 Å². The van der Waals surface area contributed by atoms with Gasteiger partial charge < -0.3 is 5.73 Å². The highest BCUT2D eigenvalue weighted by Crippen LogP contribution is 2.26. The summed E-state index contributed by atoms with van der Waals surface area (Å²) in [6.45, 7) is 3.75. The molecule has 0 aliphatic heterocycles. The molecule has 1 atom stereocenters. The van der Waals surface area contributed by atoms with Gasteiger partial charge in [-0.3, -0.25) is 0 Å². The van der Waals surface area contributed by atoms with Crippen molar-refractivity contribution >= 4 is 0 Å². The van der Waals surface area contributed by atoms with Gasteiger partial charge in [0.15, 0.2) is 0 Å². The molecule has 1 unspecified atom stereocenters. The fraction of sp³-hybridized carbons (Fsp3) is 0.875. The van der Waals surface area contributed by atoms with Gasteiger partial charge in [-0.05, 0) is 31.6 Å². The van der Waals surface area contributed by atoms with E-state index < -0.39 is 0 Å². The standard InChI is InChI=1S/C16H31N/c1-2-3-4-5-10-13-16(17)14-15-11-8-6-7-9-12-15/h2,15-16H,1,3-14,17H2. The van der Waals surface area contributed by atoms with Crippen LogP contribution in [-0.2, 0) is 0 Å². The summed E-state index contributed by atoms with van der Waals surface area (Å²) >= 11 is 0. The van der Waals surface area contributed by atoms with Gasteiger partial charge in [-0.2, -0.15) is 0 Å². The van der Waals surface area contributed by atoms with Gasteiger partial charge >= 0.3 is 0 Å². The Kier molecular flexibility index (Phi) is 8.42. The molecule has 0 aromatic carbocycles. The molecule has 17 heavy (non-hydrogen) atoms. The lowest BCUT2D eigenvalue weighted by Crippen LogP contribution is -2.23. The summed E-state index contributed by atoms with van der Waals surface area (Å²) in [6.07, 6.45) is 18.3. The van der Waals surface area contributed by atoms with E-state index in [9.17, 15) is 0 Å². The molecule has 1 heteroatoms. The van der Waals surface area contributed by atoms with Gasteiger partial charge in [-0.1, -0.05) is 57.4 Å². The third kappa shape index (κ3) is 7.59. The minimum absolute atomic E-state index is 0.460. The van der Waals surface area contributed by atoms with E-state index in [0.717, 1.165) is 12.3 Å². The molecular formula is C16H31N. The third-order valence-electron chi connectivity index (χ3n) is 4.09. The number of allylic oxidation sites excluding steroid dienone is 1. The number of hydrogen-bond acceptors (Lipinski definition) is 1. The average molecular weight is 237 g/mol. The Hall–Kier alpha value is -0.300. The number of hydrogen-bond donors (Lipinski definition) is 1. The molecule has 0 bridgehead atoms. The van der Waals surface area contributed by atoms with Crippen LogP contribution in [0.2, 0.25) is 0 Å². The van der Waals surface area contributed by atoms with Crippen LogP contribution < -0.4 is 5.73 Å². The van der Waals surface area contributed by atoms with Crippen molar-refractivity contribution in [3.05, 3.63) is 12.7 Å². The average Bonchev–Trinajstić information content (AvgIpc) is 2.57. The highest BCUT2D eigenvalue weighted by Gasteiger charge is 2.15. The summed E-state index contributed by atoms with van der Waals surface area (Å²) in [4.78, 5) is 0. The Bertz CT molecular complexity index is 180. The number of rotatable bonds is 8. The largest absolute Gasteiger partial charge is 0.328 e. The van der Waals surface area contributed by atoms with Crippen molar-refractivity contribution < 1.29 is 0 Å². The fourth-order valence-electron chi connectivity index (χ4n) is 3.02. The van der Waals surface area contributed by atoms with E-state index in [0.29, 0.717) is 6.04 Å². The van der Waals surface area contributed by atoms with E-state index in [1.165, 1.54) is 70.6 Å². The van der Waals surface area contributed by atoms with Gasteiger partial charge in [0.25, 0.3) is 0 Å². The van der Waals surface area contributed by atoms with Crippen LogP contribution in [0.4, 0.5) is 0 Å². The highest BCUT2D eigenvalue weighted by atomic mass is 14.6. The maximum Gasteiger partial charge on any atom is 0.00414 e. The molecule has 1 fully saturated rings. The van der Waals surface area contributed by atoms with Crippen LogP contribution in [0.25, 0.3) is 0 Å². The Balaban J connectivity index is 2.02. The maximum atomic E-state index is 6.25. The smallest absolute Gasteiger partial charge is 0.00414 e. The Morgan fingerprint density at radius 3 is 2.41 bits per heavy atom. The summed E-state index contributed by atoms with van der Waals surface area (Å²) in [5.41, 5.74) is 6.25. The second-order valence-corrected chi connectivity index (χ2v) is 5.78. The summed E-state index contributed by atoms with van der Waals surface area (Å²) < 4.78 is 0. The van der Waals surface area contributed by atoms with Crippen LogP contribution >= 0.6 is 0 Å². The number of unbranched alkanes of at least 4 members (excludes halogenated alkanes) is 3.